The van der Waals surface area contributed by atoms with Gasteiger partial charge in [0.2, 0.25) is 6.79 Å². The molecule has 2 N–H and O–H groups in total. The van der Waals surface area contributed by atoms with Crippen LogP contribution in [0.2, 0.25) is 0 Å². The summed E-state index contributed by atoms with van der Waals surface area (Å²) in [5.41, 5.74) is 3.61. The highest BCUT2D eigenvalue weighted by atomic mass is 127. The molecule has 6 nitrogen and oxygen atoms in total. The number of nitrogens with zero attached hydrogens (tertiary/aromatic N) is 2. The maximum Gasteiger partial charge on any atom is 0.231 e. The number of anilines is 1. The lowest BCUT2D eigenvalue weighted by Crippen LogP contribution is -2.38. The van der Waals surface area contributed by atoms with Crippen molar-refractivity contribution in [3.63, 3.8) is 0 Å². The zero-order chi connectivity index (χ0) is 19.1. The van der Waals surface area contributed by atoms with Gasteiger partial charge < -0.3 is 25.0 Å². The molecule has 3 rings (SSSR count). The number of rotatable bonds is 7. The van der Waals surface area contributed by atoms with E-state index >= 15 is 0 Å². The van der Waals surface area contributed by atoms with Gasteiger partial charge in [-0.1, -0.05) is 18.2 Å². The van der Waals surface area contributed by atoms with Crippen LogP contribution in [-0.2, 0) is 13.0 Å². The molecule has 0 aromatic heterocycles. The molecule has 2 aromatic rings. The van der Waals surface area contributed by atoms with E-state index in [4.69, 9.17) is 9.47 Å². The average Bonchev–Trinajstić information content (AvgIpc) is 3.14. The molecule has 28 heavy (non-hydrogen) atoms. The summed E-state index contributed by atoms with van der Waals surface area (Å²) in [5, 5.41) is 6.69. The molecule has 0 aliphatic carbocycles. The third-order valence-corrected chi connectivity index (χ3v) is 4.36. The van der Waals surface area contributed by atoms with Gasteiger partial charge in [0.15, 0.2) is 17.5 Å². The number of benzene rings is 2. The Morgan fingerprint density at radius 1 is 1.00 bits per heavy atom. The lowest BCUT2D eigenvalue weighted by atomic mass is 10.1. The van der Waals surface area contributed by atoms with Crippen molar-refractivity contribution in [3.05, 3.63) is 53.6 Å². The molecule has 1 aliphatic rings. The SMILES string of the molecule is CCNC(=NCc1ccc2c(c1)OCO2)NCCc1ccc(N(C)C)cc1.I. The zero-order valence-electron chi connectivity index (χ0n) is 16.7. The fraction of sp³-hybridized carbons (Fsp3) is 0.381. The number of hydrogen-bond donors (Lipinski definition) is 2. The highest BCUT2D eigenvalue weighted by Gasteiger charge is 2.12. The van der Waals surface area contributed by atoms with E-state index in [0.29, 0.717) is 13.3 Å². The first-order valence-corrected chi connectivity index (χ1v) is 9.32. The second kappa shape index (κ2) is 11.0. The lowest BCUT2D eigenvalue weighted by molar-refractivity contribution is 0.174. The molecule has 0 unspecified atom stereocenters. The monoisotopic (exact) mass is 496 g/mol. The molecule has 2 aromatic carbocycles. The first kappa shape index (κ1) is 22.1. The summed E-state index contributed by atoms with van der Waals surface area (Å²) in [4.78, 5) is 6.77. The summed E-state index contributed by atoms with van der Waals surface area (Å²) in [6.45, 7) is 4.60. The van der Waals surface area contributed by atoms with E-state index in [9.17, 15) is 0 Å². The Morgan fingerprint density at radius 3 is 2.43 bits per heavy atom. The van der Waals surface area contributed by atoms with Gasteiger partial charge in [-0.2, -0.15) is 0 Å². The summed E-state index contributed by atoms with van der Waals surface area (Å²) in [6.07, 6.45) is 0.947. The van der Waals surface area contributed by atoms with Crippen molar-refractivity contribution >= 4 is 35.6 Å². The highest BCUT2D eigenvalue weighted by Crippen LogP contribution is 2.32. The number of aliphatic imine (C=N–C) groups is 1. The molecule has 0 atom stereocenters. The predicted octanol–water partition coefficient (Wildman–Crippen LogP) is 3.40. The van der Waals surface area contributed by atoms with Crippen molar-refractivity contribution in [2.75, 3.05) is 38.9 Å². The molecular weight excluding hydrogens is 467 g/mol. The van der Waals surface area contributed by atoms with Gasteiger partial charge >= 0.3 is 0 Å². The van der Waals surface area contributed by atoms with Gasteiger partial charge in [0.05, 0.1) is 6.54 Å². The van der Waals surface area contributed by atoms with Crippen LogP contribution < -0.4 is 25.0 Å². The smallest absolute Gasteiger partial charge is 0.231 e. The van der Waals surface area contributed by atoms with Gasteiger partial charge in [0, 0.05) is 32.9 Å². The maximum atomic E-state index is 5.43. The topological polar surface area (TPSA) is 58.1 Å². The van der Waals surface area contributed by atoms with Crippen LogP contribution in [0.3, 0.4) is 0 Å². The Bertz CT molecular complexity index is 778. The number of ether oxygens (including phenoxy) is 2. The van der Waals surface area contributed by atoms with E-state index in [-0.39, 0.29) is 24.0 Å². The van der Waals surface area contributed by atoms with Crippen molar-refractivity contribution in [3.8, 4) is 11.5 Å². The molecule has 0 amide bonds. The number of guanidine groups is 1. The third-order valence-electron chi connectivity index (χ3n) is 4.36. The summed E-state index contributed by atoms with van der Waals surface area (Å²) < 4.78 is 10.8. The first-order valence-electron chi connectivity index (χ1n) is 9.32. The molecule has 0 saturated carbocycles. The Morgan fingerprint density at radius 2 is 1.71 bits per heavy atom. The van der Waals surface area contributed by atoms with Gasteiger partial charge in [-0.25, -0.2) is 4.99 Å². The van der Waals surface area contributed by atoms with Gasteiger partial charge in [-0.05, 0) is 48.7 Å². The van der Waals surface area contributed by atoms with Crippen molar-refractivity contribution in [1.29, 1.82) is 0 Å². The third kappa shape index (κ3) is 6.19. The minimum absolute atomic E-state index is 0. The summed E-state index contributed by atoms with van der Waals surface area (Å²) in [5.74, 6) is 2.41. The largest absolute Gasteiger partial charge is 0.454 e. The Labute approximate surface area is 184 Å². The number of fused-ring (bicyclic) bond motifs is 1. The summed E-state index contributed by atoms with van der Waals surface area (Å²) in [7, 11) is 4.10. The predicted molar refractivity (Wildman–Crippen MR) is 125 cm³/mol. The molecule has 0 fully saturated rings. The summed E-state index contributed by atoms with van der Waals surface area (Å²) in [6, 6.07) is 14.6. The fourth-order valence-corrected chi connectivity index (χ4v) is 2.84. The zero-order valence-corrected chi connectivity index (χ0v) is 19.0. The number of nitrogens with one attached hydrogen (secondary N) is 2. The van der Waals surface area contributed by atoms with E-state index < -0.39 is 0 Å². The van der Waals surface area contributed by atoms with E-state index in [0.717, 1.165) is 42.5 Å². The standard InChI is InChI=1S/C21H28N4O2.HI/c1-4-22-21(23-12-11-16-5-8-18(9-6-16)25(2)3)24-14-17-7-10-19-20(13-17)27-15-26-19;/h5-10,13H,4,11-12,14-15H2,1-3H3,(H2,22,23,24);1H. The number of hydrogen-bond acceptors (Lipinski definition) is 4. The lowest BCUT2D eigenvalue weighted by Gasteiger charge is -2.14. The van der Waals surface area contributed by atoms with Crippen LogP contribution in [0.5, 0.6) is 11.5 Å². The normalized spacial score (nSPS) is 12.3. The van der Waals surface area contributed by atoms with E-state index in [2.05, 4.69) is 65.8 Å². The van der Waals surface area contributed by atoms with Crippen LogP contribution in [0.15, 0.2) is 47.5 Å². The van der Waals surface area contributed by atoms with Crippen LogP contribution in [0.25, 0.3) is 0 Å². The fourth-order valence-electron chi connectivity index (χ4n) is 2.84. The molecule has 0 spiro atoms. The second-order valence-corrected chi connectivity index (χ2v) is 6.62. The van der Waals surface area contributed by atoms with Gasteiger partial charge in [-0.3, -0.25) is 0 Å². The Balaban J connectivity index is 0.00000280. The molecule has 0 bridgehead atoms. The van der Waals surface area contributed by atoms with Crippen LogP contribution in [-0.4, -0.2) is 39.9 Å². The molecular formula is C21H29IN4O2. The van der Waals surface area contributed by atoms with Crippen LogP contribution in [0.1, 0.15) is 18.1 Å². The number of halogens is 1. The van der Waals surface area contributed by atoms with Crippen LogP contribution in [0, 0.1) is 0 Å². The van der Waals surface area contributed by atoms with Gasteiger partial charge in [0.25, 0.3) is 0 Å². The molecule has 152 valence electrons. The van der Waals surface area contributed by atoms with Crippen molar-refractivity contribution in [2.45, 2.75) is 19.9 Å². The average molecular weight is 496 g/mol. The van der Waals surface area contributed by atoms with Crippen LogP contribution >= 0.6 is 24.0 Å². The quantitative estimate of drug-likeness (QED) is 0.350. The second-order valence-electron chi connectivity index (χ2n) is 6.62. The minimum atomic E-state index is 0. The molecule has 0 radical (unpaired) electrons. The summed E-state index contributed by atoms with van der Waals surface area (Å²) >= 11 is 0. The van der Waals surface area contributed by atoms with Gasteiger partial charge in [-0.15, -0.1) is 24.0 Å². The highest BCUT2D eigenvalue weighted by molar-refractivity contribution is 14.0. The Kier molecular flexibility index (Phi) is 8.69. The first-order chi connectivity index (χ1) is 13.2. The van der Waals surface area contributed by atoms with Gasteiger partial charge in [0.1, 0.15) is 0 Å². The Hall–Kier alpha value is -2.16. The van der Waals surface area contributed by atoms with Crippen LogP contribution in [0.4, 0.5) is 5.69 Å². The maximum absolute atomic E-state index is 5.43. The molecule has 1 aliphatic heterocycles. The van der Waals surface area contributed by atoms with E-state index in [1.165, 1.54) is 11.3 Å². The van der Waals surface area contributed by atoms with E-state index in [1.54, 1.807) is 0 Å². The van der Waals surface area contributed by atoms with Crippen molar-refractivity contribution in [2.24, 2.45) is 4.99 Å². The molecule has 7 heteroatoms. The van der Waals surface area contributed by atoms with Crippen molar-refractivity contribution < 1.29 is 9.47 Å². The molecule has 0 saturated heterocycles. The molecule has 1 heterocycles. The minimum Gasteiger partial charge on any atom is -0.454 e. The van der Waals surface area contributed by atoms with Crippen molar-refractivity contribution in [1.82, 2.24) is 10.6 Å². The van der Waals surface area contributed by atoms with E-state index in [1.807, 2.05) is 18.2 Å².